The molecule has 1 aliphatic heterocycles. The minimum atomic E-state index is 0.760. The molecule has 1 saturated heterocycles. The quantitative estimate of drug-likeness (QED) is 0.823. The predicted octanol–water partition coefficient (Wildman–Crippen LogP) is 1.94. The van der Waals surface area contributed by atoms with E-state index in [0.717, 1.165) is 44.3 Å². The molecule has 0 spiro atoms. The van der Waals surface area contributed by atoms with Gasteiger partial charge in [-0.3, -0.25) is 0 Å². The van der Waals surface area contributed by atoms with Gasteiger partial charge in [0.05, 0.1) is 27.4 Å². The first-order valence-corrected chi connectivity index (χ1v) is 8.27. The van der Waals surface area contributed by atoms with Crippen molar-refractivity contribution >= 4 is 11.4 Å². The maximum absolute atomic E-state index is 5.40. The van der Waals surface area contributed by atoms with E-state index in [1.165, 1.54) is 16.9 Å². The monoisotopic (exact) mass is 329 g/mol. The zero-order valence-electron chi connectivity index (χ0n) is 14.3. The van der Waals surface area contributed by atoms with Gasteiger partial charge >= 0.3 is 0 Å². The summed E-state index contributed by atoms with van der Waals surface area (Å²) in [7, 11) is 3.31. The standard InChI is InChI=1S/C19H24N2O3/c1-22-18-8-3-15(13-19(18)23-2)14-20-16-4-6-17(7-5-16)21-9-11-24-12-10-21/h3-8,13,20H,9-12,14H2,1-2H3/p+1. The topological polar surface area (TPSA) is 47.5 Å². The van der Waals surface area contributed by atoms with Crippen LogP contribution >= 0.6 is 0 Å². The molecule has 5 nitrogen and oxygen atoms in total. The summed E-state index contributed by atoms with van der Waals surface area (Å²) in [5.41, 5.74) is 3.69. The maximum Gasteiger partial charge on any atom is 0.161 e. The molecule has 24 heavy (non-hydrogen) atoms. The van der Waals surface area contributed by atoms with Gasteiger partial charge in [-0.1, -0.05) is 0 Å². The number of hydrogen-bond donors (Lipinski definition) is 1. The Balaban J connectivity index is 1.60. The van der Waals surface area contributed by atoms with E-state index in [0.29, 0.717) is 0 Å². The highest BCUT2D eigenvalue weighted by atomic mass is 16.5. The molecule has 0 unspecified atom stereocenters. The highest BCUT2D eigenvalue weighted by molar-refractivity contribution is 5.50. The molecule has 0 amide bonds. The zero-order chi connectivity index (χ0) is 16.8. The van der Waals surface area contributed by atoms with Crippen molar-refractivity contribution in [1.82, 2.24) is 0 Å². The van der Waals surface area contributed by atoms with Crippen molar-refractivity contribution in [2.45, 2.75) is 6.54 Å². The van der Waals surface area contributed by atoms with E-state index in [4.69, 9.17) is 14.2 Å². The minimum absolute atomic E-state index is 0.760. The summed E-state index contributed by atoms with van der Waals surface area (Å²) in [6.07, 6.45) is 0. The number of benzene rings is 2. The summed E-state index contributed by atoms with van der Waals surface area (Å²) in [5, 5.41) is 2.23. The molecule has 1 aliphatic rings. The second-order valence-electron chi connectivity index (χ2n) is 5.79. The second-order valence-corrected chi connectivity index (χ2v) is 5.79. The van der Waals surface area contributed by atoms with Gasteiger partial charge in [-0.25, -0.2) is 0 Å². The summed E-state index contributed by atoms with van der Waals surface area (Å²) in [5.74, 6) is 1.53. The molecule has 1 fully saturated rings. The van der Waals surface area contributed by atoms with Gasteiger partial charge in [0.15, 0.2) is 11.5 Å². The Kier molecular flexibility index (Phi) is 5.56. The first-order valence-electron chi connectivity index (χ1n) is 8.27. The van der Waals surface area contributed by atoms with E-state index in [1.807, 2.05) is 12.1 Å². The third-order valence-corrected chi connectivity index (χ3v) is 4.29. The molecule has 0 saturated carbocycles. The van der Waals surface area contributed by atoms with Crippen LogP contribution in [-0.4, -0.2) is 40.5 Å². The lowest BCUT2D eigenvalue weighted by Gasteiger charge is -2.28. The largest absolute Gasteiger partial charge is 0.493 e. The molecule has 128 valence electrons. The Bertz CT molecular complexity index is 652. The number of anilines is 1. The number of hydrogen-bond acceptors (Lipinski definition) is 4. The van der Waals surface area contributed by atoms with Crippen molar-refractivity contribution in [3.8, 4) is 11.5 Å². The molecule has 0 aliphatic carbocycles. The Labute approximate surface area is 143 Å². The fourth-order valence-corrected chi connectivity index (χ4v) is 2.89. The number of morpholine rings is 1. The van der Waals surface area contributed by atoms with Crippen molar-refractivity contribution in [1.29, 1.82) is 0 Å². The number of quaternary nitrogens is 1. The molecule has 0 aromatic heterocycles. The number of methoxy groups -OCH3 is 2. The summed E-state index contributed by atoms with van der Waals surface area (Å²) in [4.78, 5) is 2.36. The molecule has 5 heteroatoms. The fraction of sp³-hybridized carbons (Fsp3) is 0.368. The van der Waals surface area contributed by atoms with Crippen LogP contribution in [0.25, 0.3) is 0 Å². The van der Waals surface area contributed by atoms with Crippen LogP contribution in [0.4, 0.5) is 11.4 Å². The van der Waals surface area contributed by atoms with Gasteiger partial charge in [0.1, 0.15) is 12.2 Å². The van der Waals surface area contributed by atoms with E-state index in [9.17, 15) is 0 Å². The lowest BCUT2D eigenvalue weighted by molar-refractivity contribution is -0.588. The van der Waals surface area contributed by atoms with Crippen LogP contribution < -0.4 is 19.7 Å². The van der Waals surface area contributed by atoms with Crippen LogP contribution in [0, 0.1) is 0 Å². The summed E-state index contributed by atoms with van der Waals surface area (Å²) >= 11 is 0. The van der Waals surface area contributed by atoms with Crippen molar-refractivity contribution in [3.05, 3.63) is 48.0 Å². The SMILES string of the molecule is COc1ccc(C[NH2+]c2ccc(N3CCOCC3)cc2)cc1OC. The number of nitrogens with zero attached hydrogens (tertiary/aromatic N) is 1. The molecule has 0 radical (unpaired) electrons. The van der Waals surface area contributed by atoms with Crippen LogP contribution in [-0.2, 0) is 11.3 Å². The molecular formula is C19H25N2O3+. The molecule has 0 bridgehead atoms. The van der Waals surface area contributed by atoms with Crippen LogP contribution in [0.3, 0.4) is 0 Å². The number of ether oxygens (including phenoxy) is 3. The van der Waals surface area contributed by atoms with E-state index in [-0.39, 0.29) is 0 Å². The molecule has 0 atom stereocenters. The van der Waals surface area contributed by atoms with E-state index in [2.05, 4.69) is 40.5 Å². The average molecular weight is 329 g/mol. The Morgan fingerprint density at radius 1 is 0.958 bits per heavy atom. The van der Waals surface area contributed by atoms with Crippen LogP contribution in [0.1, 0.15) is 5.56 Å². The first kappa shape index (κ1) is 16.6. The molecule has 3 rings (SSSR count). The zero-order valence-corrected chi connectivity index (χ0v) is 14.3. The predicted molar refractivity (Wildman–Crippen MR) is 94.3 cm³/mol. The minimum Gasteiger partial charge on any atom is -0.493 e. The van der Waals surface area contributed by atoms with E-state index < -0.39 is 0 Å². The van der Waals surface area contributed by atoms with E-state index in [1.54, 1.807) is 14.2 Å². The third kappa shape index (κ3) is 3.99. The van der Waals surface area contributed by atoms with Gasteiger partial charge in [0, 0.05) is 36.5 Å². The summed E-state index contributed by atoms with van der Waals surface area (Å²) in [6.45, 7) is 4.42. The molecule has 2 aromatic rings. The van der Waals surface area contributed by atoms with Gasteiger partial charge in [0.2, 0.25) is 0 Å². The lowest BCUT2D eigenvalue weighted by atomic mass is 10.2. The van der Waals surface area contributed by atoms with Crippen LogP contribution in [0.5, 0.6) is 11.5 Å². The number of nitrogens with two attached hydrogens (primary N) is 1. The van der Waals surface area contributed by atoms with Crippen LogP contribution in [0.2, 0.25) is 0 Å². The van der Waals surface area contributed by atoms with E-state index >= 15 is 0 Å². The highest BCUT2D eigenvalue weighted by Gasteiger charge is 2.11. The maximum atomic E-state index is 5.40. The van der Waals surface area contributed by atoms with Crippen molar-refractivity contribution in [2.75, 3.05) is 45.4 Å². The Morgan fingerprint density at radius 3 is 2.33 bits per heavy atom. The van der Waals surface area contributed by atoms with Gasteiger partial charge in [-0.05, 0) is 30.3 Å². The highest BCUT2D eigenvalue weighted by Crippen LogP contribution is 2.27. The normalized spacial score (nSPS) is 14.5. The molecule has 2 N–H and O–H groups in total. The Morgan fingerprint density at radius 2 is 1.67 bits per heavy atom. The molecule has 1 heterocycles. The summed E-state index contributed by atoms with van der Waals surface area (Å²) < 4.78 is 16.0. The third-order valence-electron chi connectivity index (χ3n) is 4.29. The van der Waals surface area contributed by atoms with Gasteiger partial charge < -0.3 is 24.4 Å². The van der Waals surface area contributed by atoms with Gasteiger partial charge in [-0.2, -0.15) is 0 Å². The number of rotatable bonds is 6. The smallest absolute Gasteiger partial charge is 0.161 e. The first-order chi connectivity index (χ1) is 11.8. The summed E-state index contributed by atoms with van der Waals surface area (Å²) in [6, 6.07) is 14.8. The Hall–Kier alpha value is -2.24. The average Bonchev–Trinajstić information content (AvgIpc) is 2.67. The van der Waals surface area contributed by atoms with Gasteiger partial charge in [-0.15, -0.1) is 0 Å². The molecular weight excluding hydrogens is 304 g/mol. The van der Waals surface area contributed by atoms with Crippen molar-refractivity contribution in [2.24, 2.45) is 0 Å². The lowest BCUT2D eigenvalue weighted by Crippen LogP contribution is -2.76. The molecule has 2 aromatic carbocycles. The van der Waals surface area contributed by atoms with Crippen molar-refractivity contribution in [3.63, 3.8) is 0 Å². The van der Waals surface area contributed by atoms with Crippen molar-refractivity contribution < 1.29 is 19.5 Å². The van der Waals surface area contributed by atoms with Crippen LogP contribution in [0.15, 0.2) is 42.5 Å². The van der Waals surface area contributed by atoms with Gasteiger partial charge in [0.25, 0.3) is 0 Å². The fourth-order valence-electron chi connectivity index (χ4n) is 2.89. The second kappa shape index (κ2) is 8.04.